The minimum Gasteiger partial charge on any atom is -0.356 e. The predicted octanol–water partition coefficient (Wildman–Crippen LogP) is 3.17. The maximum absolute atomic E-state index is 13.5. The first-order valence-corrected chi connectivity index (χ1v) is 14.5. The highest BCUT2D eigenvalue weighted by atomic mass is 35.5. The molecular formula is C30H33Cl2N5O5. The molecule has 5 N–H and O–H groups in total. The van der Waals surface area contributed by atoms with Gasteiger partial charge in [-0.05, 0) is 42.5 Å². The van der Waals surface area contributed by atoms with E-state index in [0.717, 1.165) is 5.56 Å². The van der Waals surface area contributed by atoms with Gasteiger partial charge in [0.15, 0.2) is 0 Å². The van der Waals surface area contributed by atoms with Crippen molar-refractivity contribution >= 4 is 64.0 Å². The van der Waals surface area contributed by atoms with E-state index in [2.05, 4.69) is 26.3 Å². The number of carbonyl (C=O) groups is 5. The fraction of sp³-hybridized carbons (Fsp3) is 0.367. The minimum atomic E-state index is -1.05. The first-order valence-electron chi connectivity index (χ1n) is 13.7. The highest BCUT2D eigenvalue weighted by molar-refractivity contribution is 6.38. The van der Waals surface area contributed by atoms with Crippen molar-refractivity contribution in [3.63, 3.8) is 0 Å². The zero-order valence-electron chi connectivity index (χ0n) is 23.2. The fourth-order valence-electron chi connectivity index (χ4n) is 4.97. The zero-order chi connectivity index (χ0) is 30.4. The van der Waals surface area contributed by atoms with Crippen LogP contribution in [0, 0.1) is 11.8 Å². The molecule has 0 radical (unpaired) electrons. The maximum atomic E-state index is 13.5. The Kier molecular flexibility index (Phi) is 10.2. The minimum absolute atomic E-state index is 0.147. The molecule has 0 spiro atoms. The lowest BCUT2D eigenvalue weighted by Gasteiger charge is -2.26. The molecule has 4 atom stereocenters. The van der Waals surface area contributed by atoms with Crippen LogP contribution in [-0.2, 0) is 25.6 Å². The lowest BCUT2D eigenvalue weighted by Crippen LogP contribution is -2.57. The quantitative estimate of drug-likeness (QED) is 0.199. The van der Waals surface area contributed by atoms with Gasteiger partial charge in [0.2, 0.25) is 17.7 Å². The van der Waals surface area contributed by atoms with Gasteiger partial charge >= 0.3 is 0 Å². The number of fused-ring (bicyclic) bond motifs is 1. The van der Waals surface area contributed by atoms with Crippen molar-refractivity contribution in [1.82, 2.24) is 26.3 Å². The number of amides is 4. The van der Waals surface area contributed by atoms with Gasteiger partial charge in [-0.1, -0.05) is 67.4 Å². The number of carbonyl (C=O) groups excluding carboxylic acids is 5. The van der Waals surface area contributed by atoms with E-state index in [1.54, 1.807) is 32.0 Å². The Morgan fingerprint density at radius 1 is 1.02 bits per heavy atom. The topological polar surface area (TPSA) is 149 Å². The van der Waals surface area contributed by atoms with Crippen molar-refractivity contribution < 1.29 is 24.0 Å². The number of aromatic nitrogens is 1. The van der Waals surface area contributed by atoms with Gasteiger partial charge < -0.3 is 31.0 Å². The molecule has 12 heteroatoms. The van der Waals surface area contributed by atoms with Crippen molar-refractivity contribution in [2.24, 2.45) is 11.8 Å². The normalized spacial score (nSPS) is 16.9. The second-order valence-electron chi connectivity index (χ2n) is 10.7. The second-order valence-corrected chi connectivity index (χ2v) is 11.6. The van der Waals surface area contributed by atoms with Gasteiger partial charge in [0.1, 0.15) is 24.1 Å². The van der Waals surface area contributed by atoms with Crippen molar-refractivity contribution in [2.45, 2.75) is 51.2 Å². The summed E-state index contributed by atoms with van der Waals surface area (Å²) < 4.78 is 0. The summed E-state index contributed by atoms with van der Waals surface area (Å²) in [7, 11) is 0. The molecule has 3 aromatic rings. The Morgan fingerprint density at radius 2 is 1.76 bits per heavy atom. The molecule has 4 amide bonds. The van der Waals surface area contributed by atoms with Gasteiger partial charge in [-0.3, -0.25) is 19.2 Å². The summed E-state index contributed by atoms with van der Waals surface area (Å²) in [6.45, 7) is 4.07. The van der Waals surface area contributed by atoms with Crippen LogP contribution < -0.4 is 21.3 Å². The van der Waals surface area contributed by atoms with Crippen molar-refractivity contribution in [3.05, 3.63) is 69.8 Å². The van der Waals surface area contributed by atoms with E-state index in [1.807, 2.05) is 30.3 Å². The monoisotopic (exact) mass is 613 g/mol. The Labute approximate surface area is 253 Å². The number of aldehydes is 1. The lowest BCUT2D eigenvalue weighted by atomic mass is 9.98. The first-order chi connectivity index (χ1) is 20.0. The van der Waals surface area contributed by atoms with Crippen molar-refractivity contribution in [3.8, 4) is 0 Å². The van der Waals surface area contributed by atoms with Crippen LogP contribution in [-0.4, -0.2) is 59.6 Å². The van der Waals surface area contributed by atoms with Crippen molar-refractivity contribution in [2.75, 3.05) is 6.54 Å². The molecular weight excluding hydrogens is 581 g/mol. The van der Waals surface area contributed by atoms with Crippen LogP contribution in [0.2, 0.25) is 10.0 Å². The largest absolute Gasteiger partial charge is 0.356 e. The number of halogens is 2. The number of rotatable bonds is 12. The van der Waals surface area contributed by atoms with Crippen LogP contribution in [0.15, 0.2) is 48.5 Å². The van der Waals surface area contributed by atoms with Gasteiger partial charge in [-0.15, -0.1) is 0 Å². The van der Waals surface area contributed by atoms with E-state index in [0.29, 0.717) is 40.2 Å². The summed E-state index contributed by atoms with van der Waals surface area (Å²) in [6.07, 6.45) is 1.49. The Balaban J connectivity index is 1.49. The SMILES string of the molecule is CC(C)[C@H](NC(=O)c1cc2c(Cl)cc(Cl)cc2[nH]1)C(=O)N[C@@H](Cc1ccccc1)C(=O)N[C@H](C=O)C[C@@H]1CCNC1=O. The van der Waals surface area contributed by atoms with E-state index in [9.17, 15) is 24.0 Å². The van der Waals surface area contributed by atoms with E-state index >= 15 is 0 Å². The molecule has 0 unspecified atom stereocenters. The van der Waals surface area contributed by atoms with Gasteiger partial charge in [0.05, 0.1) is 11.1 Å². The highest BCUT2D eigenvalue weighted by Gasteiger charge is 2.32. The number of aromatic amines is 1. The molecule has 4 rings (SSSR count). The van der Waals surface area contributed by atoms with E-state index in [-0.39, 0.29) is 36.3 Å². The Bertz CT molecular complexity index is 1480. The number of benzene rings is 2. The molecule has 1 fully saturated rings. The molecule has 42 heavy (non-hydrogen) atoms. The van der Waals surface area contributed by atoms with Gasteiger partial charge in [0.25, 0.3) is 5.91 Å². The molecule has 10 nitrogen and oxygen atoms in total. The summed E-state index contributed by atoms with van der Waals surface area (Å²) in [4.78, 5) is 66.9. The van der Waals surface area contributed by atoms with Gasteiger partial charge in [0, 0.05) is 34.8 Å². The molecule has 0 bridgehead atoms. The molecule has 2 aromatic carbocycles. The van der Waals surface area contributed by atoms with Crippen LogP contribution in [0.3, 0.4) is 0 Å². The van der Waals surface area contributed by atoms with Crippen molar-refractivity contribution in [1.29, 1.82) is 0 Å². The third-order valence-corrected chi connectivity index (χ3v) is 7.77. The fourth-order valence-corrected chi connectivity index (χ4v) is 5.51. The molecule has 1 saturated heterocycles. The van der Waals surface area contributed by atoms with Crippen LogP contribution in [0.25, 0.3) is 10.9 Å². The smallest absolute Gasteiger partial charge is 0.268 e. The van der Waals surface area contributed by atoms with Crippen LogP contribution in [0.1, 0.15) is 42.7 Å². The summed E-state index contributed by atoms with van der Waals surface area (Å²) in [6, 6.07) is 11.0. The summed E-state index contributed by atoms with van der Waals surface area (Å²) in [5.74, 6) is -2.53. The molecule has 1 aliphatic heterocycles. The molecule has 1 aromatic heterocycles. The van der Waals surface area contributed by atoms with Gasteiger partial charge in [-0.2, -0.15) is 0 Å². The zero-order valence-corrected chi connectivity index (χ0v) is 24.7. The Morgan fingerprint density at radius 3 is 2.40 bits per heavy atom. The summed E-state index contributed by atoms with van der Waals surface area (Å²) >= 11 is 12.3. The third-order valence-electron chi connectivity index (χ3n) is 7.24. The Hall–Kier alpha value is -3.89. The number of hydrogen-bond acceptors (Lipinski definition) is 5. The summed E-state index contributed by atoms with van der Waals surface area (Å²) in [5.41, 5.74) is 1.55. The summed E-state index contributed by atoms with van der Waals surface area (Å²) in [5, 5.41) is 12.3. The third kappa shape index (κ3) is 7.68. The average Bonchev–Trinajstić information content (AvgIpc) is 3.57. The number of nitrogens with one attached hydrogen (secondary N) is 5. The van der Waals surface area contributed by atoms with Crippen LogP contribution in [0.4, 0.5) is 0 Å². The first kappa shape index (κ1) is 31.1. The molecule has 1 aliphatic rings. The van der Waals surface area contributed by atoms with Crippen LogP contribution in [0.5, 0.6) is 0 Å². The molecule has 0 aliphatic carbocycles. The molecule has 0 saturated carbocycles. The van der Waals surface area contributed by atoms with Gasteiger partial charge in [-0.25, -0.2) is 0 Å². The highest BCUT2D eigenvalue weighted by Crippen LogP contribution is 2.28. The maximum Gasteiger partial charge on any atom is 0.268 e. The standard InChI is InChI=1S/C30H33Cl2N5O5/c1-16(2)26(37-29(41)25-14-21-22(32)12-19(31)13-23(21)35-25)30(42)36-24(10-17-6-4-3-5-7-17)28(40)34-20(15-38)11-18-8-9-33-27(18)39/h3-7,12-16,18,20,24,26,35H,8-11H2,1-2H3,(H,33,39)(H,34,40)(H,36,42)(H,37,41)/t18-,20-,24-,26-/m0/s1. The molecule has 2 heterocycles. The van der Waals surface area contributed by atoms with E-state index in [1.165, 1.54) is 0 Å². The van der Waals surface area contributed by atoms with E-state index in [4.69, 9.17) is 23.2 Å². The number of hydrogen-bond donors (Lipinski definition) is 5. The van der Waals surface area contributed by atoms with Crippen LogP contribution >= 0.6 is 23.2 Å². The predicted molar refractivity (Wildman–Crippen MR) is 160 cm³/mol. The molecule has 222 valence electrons. The average molecular weight is 615 g/mol. The number of H-pyrrole nitrogens is 1. The van der Waals surface area contributed by atoms with E-state index < -0.39 is 35.8 Å². The second kappa shape index (κ2) is 13.8. The lowest BCUT2D eigenvalue weighted by molar-refractivity contribution is -0.131.